The Morgan fingerprint density at radius 1 is 1.64 bits per heavy atom. The monoisotopic (exact) mass is 257 g/mol. The lowest BCUT2D eigenvalue weighted by atomic mass is 10.0. The fourth-order valence-corrected chi connectivity index (χ4v) is 1.61. The van der Waals surface area contributed by atoms with E-state index in [-0.39, 0.29) is 22.0 Å². The smallest absolute Gasteiger partial charge is 0.337 e. The Bertz CT molecular complexity index is 426. The van der Waals surface area contributed by atoms with Gasteiger partial charge in [0, 0.05) is 10.9 Å². The molecule has 0 saturated carbocycles. The molecule has 14 heavy (non-hydrogen) atoms. The van der Waals surface area contributed by atoms with Crippen molar-refractivity contribution in [1.82, 2.24) is 0 Å². The molecule has 1 aromatic carbocycles. The maximum atomic E-state index is 13.1. The zero-order chi connectivity index (χ0) is 10.7. The van der Waals surface area contributed by atoms with Crippen LogP contribution in [0.25, 0.3) is 0 Å². The highest BCUT2D eigenvalue weighted by Gasteiger charge is 2.16. The van der Waals surface area contributed by atoms with Crippen molar-refractivity contribution < 1.29 is 14.3 Å². The van der Waals surface area contributed by atoms with Crippen molar-refractivity contribution in [3.63, 3.8) is 0 Å². The molecule has 0 heterocycles. The molecule has 1 aromatic rings. The van der Waals surface area contributed by atoms with Crippen LogP contribution < -0.4 is 0 Å². The van der Waals surface area contributed by atoms with E-state index in [1.54, 1.807) is 6.07 Å². The van der Waals surface area contributed by atoms with Crippen LogP contribution in [0.2, 0.25) is 0 Å². The predicted molar refractivity (Wildman–Crippen MR) is 50.7 cm³/mol. The van der Waals surface area contributed by atoms with Crippen LogP contribution in [0.3, 0.4) is 0 Å². The quantitative estimate of drug-likeness (QED) is 0.828. The van der Waals surface area contributed by atoms with Gasteiger partial charge >= 0.3 is 5.97 Å². The van der Waals surface area contributed by atoms with E-state index in [0.717, 1.165) is 12.1 Å². The van der Waals surface area contributed by atoms with Crippen molar-refractivity contribution in [2.24, 2.45) is 0 Å². The third kappa shape index (κ3) is 1.75. The minimum atomic E-state index is -1.23. The molecular weight excluding hydrogens is 253 g/mol. The Labute approximate surface area is 87.9 Å². The number of benzene rings is 1. The fourth-order valence-electron chi connectivity index (χ4n) is 1.06. The Morgan fingerprint density at radius 3 is 2.71 bits per heavy atom. The molecular formula is C9H5BrFNO2. The van der Waals surface area contributed by atoms with Gasteiger partial charge in [-0.3, -0.25) is 0 Å². The van der Waals surface area contributed by atoms with E-state index < -0.39 is 11.8 Å². The summed E-state index contributed by atoms with van der Waals surface area (Å²) in [5.74, 6) is -1.81. The van der Waals surface area contributed by atoms with Gasteiger partial charge in [-0.1, -0.05) is 15.9 Å². The highest BCUT2D eigenvalue weighted by molar-refractivity contribution is 9.08. The van der Waals surface area contributed by atoms with Crippen LogP contribution in [0, 0.1) is 17.1 Å². The molecule has 0 atom stereocenters. The van der Waals surface area contributed by atoms with E-state index in [2.05, 4.69) is 15.9 Å². The molecule has 0 spiro atoms. The maximum absolute atomic E-state index is 13.1. The van der Waals surface area contributed by atoms with Gasteiger partial charge in [-0.05, 0) is 12.1 Å². The number of carbonyl (C=O) groups is 1. The summed E-state index contributed by atoms with van der Waals surface area (Å²) in [6.07, 6.45) is 0. The van der Waals surface area contributed by atoms with Gasteiger partial charge in [0.25, 0.3) is 0 Å². The summed E-state index contributed by atoms with van der Waals surface area (Å²) in [5.41, 5.74) is -0.231. The van der Waals surface area contributed by atoms with Gasteiger partial charge in [0.2, 0.25) is 0 Å². The number of halogens is 2. The van der Waals surface area contributed by atoms with Crippen molar-refractivity contribution in [3.8, 4) is 6.07 Å². The van der Waals surface area contributed by atoms with E-state index in [4.69, 9.17) is 10.4 Å². The largest absolute Gasteiger partial charge is 0.478 e. The molecule has 0 bridgehead atoms. The second-order valence-electron chi connectivity index (χ2n) is 2.50. The standard InChI is InChI=1S/C9H5BrFNO2/c10-3-6-7(4-12)5(9(13)14)1-2-8(6)11/h1-2H,3H2,(H,13,14). The molecule has 0 fully saturated rings. The van der Waals surface area contributed by atoms with Gasteiger partial charge < -0.3 is 5.11 Å². The molecule has 0 radical (unpaired) electrons. The lowest BCUT2D eigenvalue weighted by Gasteiger charge is -2.04. The maximum Gasteiger partial charge on any atom is 0.337 e. The first-order chi connectivity index (χ1) is 6.61. The first-order valence-corrected chi connectivity index (χ1v) is 4.74. The van der Waals surface area contributed by atoms with Gasteiger partial charge in [0.15, 0.2) is 0 Å². The first-order valence-electron chi connectivity index (χ1n) is 3.62. The first kappa shape index (κ1) is 10.7. The van der Waals surface area contributed by atoms with E-state index in [9.17, 15) is 9.18 Å². The molecule has 0 aliphatic carbocycles. The average Bonchev–Trinajstić information content (AvgIpc) is 2.16. The van der Waals surface area contributed by atoms with Crippen molar-refractivity contribution in [2.45, 2.75) is 5.33 Å². The lowest BCUT2D eigenvalue weighted by molar-refractivity contribution is 0.0696. The molecule has 72 valence electrons. The molecule has 3 nitrogen and oxygen atoms in total. The number of hydrogen-bond acceptors (Lipinski definition) is 2. The zero-order valence-electron chi connectivity index (χ0n) is 6.92. The number of aromatic carboxylic acids is 1. The molecule has 0 aromatic heterocycles. The number of alkyl halides is 1. The summed E-state index contributed by atoms with van der Waals surface area (Å²) in [6, 6.07) is 3.81. The van der Waals surface area contributed by atoms with E-state index in [1.807, 2.05) is 0 Å². The molecule has 5 heteroatoms. The Hall–Kier alpha value is -1.41. The van der Waals surface area contributed by atoms with Crippen LogP contribution in [0.5, 0.6) is 0 Å². The second kappa shape index (κ2) is 4.20. The Kier molecular flexibility index (Phi) is 3.20. The number of nitrogens with zero attached hydrogens (tertiary/aromatic N) is 1. The van der Waals surface area contributed by atoms with E-state index in [1.165, 1.54) is 0 Å². The highest BCUT2D eigenvalue weighted by Crippen LogP contribution is 2.20. The Morgan fingerprint density at radius 2 is 2.29 bits per heavy atom. The van der Waals surface area contributed by atoms with Gasteiger partial charge in [0.05, 0.1) is 11.1 Å². The van der Waals surface area contributed by atoms with Crippen molar-refractivity contribution in [1.29, 1.82) is 5.26 Å². The lowest BCUT2D eigenvalue weighted by Crippen LogP contribution is -2.04. The van der Waals surface area contributed by atoms with Crippen LogP contribution >= 0.6 is 15.9 Å². The minimum Gasteiger partial charge on any atom is -0.478 e. The molecule has 0 amide bonds. The number of carboxylic acid groups (broad SMARTS) is 1. The van der Waals surface area contributed by atoms with Gasteiger partial charge in [-0.15, -0.1) is 0 Å². The number of nitriles is 1. The van der Waals surface area contributed by atoms with Crippen molar-refractivity contribution >= 4 is 21.9 Å². The summed E-state index contributed by atoms with van der Waals surface area (Å²) in [5, 5.41) is 17.5. The molecule has 0 aliphatic rings. The van der Waals surface area contributed by atoms with E-state index >= 15 is 0 Å². The normalized spacial score (nSPS) is 9.50. The number of carboxylic acids is 1. The van der Waals surface area contributed by atoms with E-state index in [0.29, 0.717) is 0 Å². The predicted octanol–water partition coefficient (Wildman–Crippen LogP) is 2.29. The zero-order valence-corrected chi connectivity index (χ0v) is 8.51. The number of rotatable bonds is 2. The van der Waals surface area contributed by atoms with Crippen LogP contribution in [0.4, 0.5) is 4.39 Å². The number of hydrogen-bond donors (Lipinski definition) is 1. The fraction of sp³-hybridized carbons (Fsp3) is 0.111. The molecule has 0 aliphatic heterocycles. The molecule has 0 saturated heterocycles. The molecule has 0 unspecified atom stereocenters. The SMILES string of the molecule is N#Cc1c(C(=O)O)ccc(F)c1CBr. The molecule has 1 N–H and O–H groups in total. The van der Waals surface area contributed by atoms with Crippen molar-refractivity contribution in [2.75, 3.05) is 0 Å². The summed E-state index contributed by atoms with van der Waals surface area (Å²) >= 11 is 3.00. The third-order valence-corrected chi connectivity index (χ3v) is 2.29. The van der Waals surface area contributed by atoms with Gasteiger partial charge in [-0.2, -0.15) is 5.26 Å². The summed E-state index contributed by atoms with van der Waals surface area (Å²) in [6.45, 7) is 0. The second-order valence-corrected chi connectivity index (χ2v) is 3.06. The topological polar surface area (TPSA) is 61.1 Å². The van der Waals surface area contributed by atoms with Crippen LogP contribution in [-0.2, 0) is 5.33 Å². The molecule has 1 rings (SSSR count). The highest BCUT2D eigenvalue weighted by atomic mass is 79.9. The van der Waals surface area contributed by atoms with Gasteiger partial charge in [-0.25, -0.2) is 9.18 Å². The van der Waals surface area contributed by atoms with Crippen LogP contribution in [0.1, 0.15) is 21.5 Å². The summed E-state index contributed by atoms with van der Waals surface area (Å²) in [4.78, 5) is 10.7. The van der Waals surface area contributed by atoms with Crippen LogP contribution in [0.15, 0.2) is 12.1 Å². The summed E-state index contributed by atoms with van der Waals surface area (Å²) < 4.78 is 13.1. The average molecular weight is 258 g/mol. The third-order valence-electron chi connectivity index (χ3n) is 1.73. The van der Waals surface area contributed by atoms with Crippen LogP contribution in [-0.4, -0.2) is 11.1 Å². The minimum absolute atomic E-state index is 0.0763. The Balaban J connectivity index is 3.50. The van der Waals surface area contributed by atoms with Crippen molar-refractivity contribution in [3.05, 3.63) is 34.6 Å². The summed E-state index contributed by atoms with van der Waals surface area (Å²) in [7, 11) is 0. The van der Waals surface area contributed by atoms with Gasteiger partial charge in [0.1, 0.15) is 11.9 Å².